The van der Waals surface area contributed by atoms with E-state index in [4.69, 9.17) is 9.47 Å². The molecule has 1 amide bonds. The fourth-order valence-electron chi connectivity index (χ4n) is 2.35. The maximum absolute atomic E-state index is 12.0. The molecule has 0 saturated heterocycles. The first-order valence-electron chi connectivity index (χ1n) is 9.10. The second-order valence-corrected chi connectivity index (χ2v) is 6.13. The van der Waals surface area contributed by atoms with Gasteiger partial charge >= 0.3 is 0 Å². The molecule has 0 heterocycles. The zero-order chi connectivity index (χ0) is 19.9. The zero-order valence-electron chi connectivity index (χ0n) is 16.9. The third kappa shape index (κ3) is 10.4. The number of hydrogen-bond acceptors (Lipinski definition) is 5. The summed E-state index contributed by atoms with van der Waals surface area (Å²) in [5, 5.41) is 9.10. The summed E-state index contributed by atoms with van der Waals surface area (Å²) in [5.41, 5.74) is 1.02. The van der Waals surface area contributed by atoms with Crippen LogP contribution in [0.1, 0.15) is 12.0 Å². The number of nitrogens with one attached hydrogen (secondary N) is 3. The number of rotatable bonds is 12. The lowest BCUT2D eigenvalue weighted by Gasteiger charge is -2.18. The van der Waals surface area contributed by atoms with Crippen molar-refractivity contribution in [1.82, 2.24) is 20.9 Å². The molecule has 0 aliphatic heterocycles. The number of aliphatic imine (C=N–C) groups is 1. The van der Waals surface area contributed by atoms with E-state index in [9.17, 15) is 4.79 Å². The van der Waals surface area contributed by atoms with Crippen LogP contribution in [0, 0.1) is 0 Å². The van der Waals surface area contributed by atoms with Gasteiger partial charge in [-0.15, -0.1) is 0 Å². The van der Waals surface area contributed by atoms with Crippen molar-refractivity contribution in [3.05, 3.63) is 29.8 Å². The van der Waals surface area contributed by atoms with Crippen LogP contribution in [0.15, 0.2) is 29.3 Å². The fourth-order valence-corrected chi connectivity index (χ4v) is 2.35. The van der Waals surface area contributed by atoms with Crippen LogP contribution < -0.4 is 20.7 Å². The van der Waals surface area contributed by atoms with Crippen LogP contribution in [0.5, 0.6) is 5.75 Å². The van der Waals surface area contributed by atoms with E-state index in [1.807, 2.05) is 24.3 Å². The summed E-state index contributed by atoms with van der Waals surface area (Å²) in [4.78, 5) is 18.3. The van der Waals surface area contributed by atoms with Crippen LogP contribution >= 0.6 is 0 Å². The summed E-state index contributed by atoms with van der Waals surface area (Å²) < 4.78 is 10.2. The highest BCUT2D eigenvalue weighted by Crippen LogP contribution is 2.10. The molecule has 152 valence electrons. The molecule has 1 aromatic rings. The first kappa shape index (κ1) is 22.7. The SMILES string of the molecule is CN=C(NCCN(C)CCCOC)NCC(=O)NCc1ccc(OC)cc1. The smallest absolute Gasteiger partial charge is 0.239 e. The van der Waals surface area contributed by atoms with Gasteiger partial charge in [0.1, 0.15) is 5.75 Å². The van der Waals surface area contributed by atoms with Crippen molar-refractivity contribution in [3.63, 3.8) is 0 Å². The van der Waals surface area contributed by atoms with Gasteiger partial charge in [0.05, 0.1) is 13.7 Å². The number of carbonyl (C=O) groups excluding carboxylic acids is 1. The minimum absolute atomic E-state index is 0.0922. The first-order valence-corrected chi connectivity index (χ1v) is 9.10. The monoisotopic (exact) mass is 379 g/mol. The van der Waals surface area contributed by atoms with E-state index in [1.54, 1.807) is 21.3 Å². The molecule has 0 aliphatic carbocycles. The standard InChI is InChI=1S/C19H33N5O3/c1-20-19(21-10-12-24(2)11-5-13-26-3)23-15-18(25)22-14-16-6-8-17(27-4)9-7-16/h6-9H,5,10-15H2,1-4H3,(H,22,25)(H2,20,21,23). The number of likely N-dealkylation sites (N-methyl/N-ethyl adjacent to an activating group) is 1. The molecule has 0 aliphatic rings. The van der Waals surface area contributed by atoms with Gasteiger partial charge in [0.2, 0.25) is 5.91 Å². The Labute approximate surface area is 162 Å². The van der Waals surface area contributed by atoms with Crippen molar-refractivity contribution in [3.8, 4) is 5.75 Å². The Kier molecular flexibility index (Phi) is 11.6. The molecule has 0 atom stereocenters. The van der Waals surface area contributed by atoms with E-state index in [0.29, 0.717) is 12.5 Å². The van der Waals surface area contributed by atoms with Gasteiger partial charge in [-0.25, -0.2) is 0 Å². The number of amides is 1. The predicted octanol–water partition coefficient (Wildman–Crippen LogP) is 0.445. The summed E-state index contributed by atoms with van der Waals surface area (Å²) in [6.07, 6.45) is 1.01. The molecule has 0 bridgehead atoms. The van der Waals surface area contributed by atoms with Gasteiger partial charge in [0, 0.05) is 46.9 Å². The predicted molar refractivity (Wildman–Crippen MR) is 108 cm³/mol. The third-order valence-electron chi connectivity index (χ3n) is 3.96. The molecule has 3 N–H and O–H groups in total. The quantitative estimate of drug-likeness (QED) is 0.278. The topological polar surface area (TPSA) is 87.2 Å². The van der Waals surface area contributed by atoms with Gasteiger partial charge in [0.15, 0.2) is 5.96 Å². The molecule has 27 heavy (non-hydrogen) atoms. The van der Waals surface area contributed by atoms with Gasteiger partial charge in [-0.1, -0.05) is 12.1 Å². The molecule has 8 nitrogen and oxygen atoms in total. The Morgan fingerprint density at radius 3 is 2.48 bits per heavy atom. The number of hydrogen-bond donors (Lipinski definition) is 3. The highest BCUT2D eigenvalue weighted by atomic mass is 16.5. The molecular weight excluding hydrogens is 346 g/mol. The average Bonchev–Trinajstić information content (AvgIpc) is 2.69. The molecule has 0 fully saturated rings. The Morgan fingerprint density at radius 2 is 1.85 bits per heavy atom. The average molecular weight is 380 g/mol. The van der Waals surface area contributed by atoms with E-state index >= 15 is 0 Å². The van der Waals surface area contributed by atoms with E-state index in [1.165, 1.54) is 0 Å². The largest absolute Gasteiger partial charge is 0.497 e. The van der Waals surface area contributed by atoms with E-state index in [-0.39, 0.29) is 12.5 Å². The normalized spacial score (nSPS) is 11.4. The second kappa shape index (κ2) is 13.8. The minimum atomic E-state index is -0.0922. The van der Waals surface area contributed by atoms with Crippen LogP contribution in [0.25, 0.3) is 0 Å². The Bertz CT molecular complexity index is 563. The molecule has 0 unspecified atom stereocenters. The number of nitrogens with zero attached hydrogens (tertiary/aromatic N) is 2. The lowest BCUT2D eigenvalue weighted by Crippen LogP contribution is -2.45. The first-order chi connectivity index (χ1) is 13.1. The number of carbonyl (C=O) groups is 1. The summed E-state index contributed by atoms with van der Waals surface area (Å²) >= 11 is 0. The van der Waals surface area contributed by atoms with E-state index < -0.39 is 0 Å². The molecule has 0 saturated carbocycles. The molecule has 1 aromatic carbocycles. The molecule has 0 radical (unpaired) electrons. The van der Waals surface area contributed by atoms with Crippen molar-refractivity contribution >= 4 is 11.9 Å². The van der Waals surface area contributed by atoms with Crippen molar-refractivity contribution in [1.29, 1.82) is 0 Å². The van der Waals surface area contributed by atoms with E-state index in [2.05, 4.69) is 32.9 Å². The van der Waals surface area contributed by atoms with E-state index in [0.717, 1.165) is 44.0 Å². The van der Waals surface area contributed by atoms with Gasteiger partial charge in [-0.3, -0.25) is 9.79 Å². The summed E-state index contributed by atoms with van der Waals surface area (Å²) in [5.74, 6) is 1.32. The van der Waals surface area contributed by atoms with Gasteiger partial charge < -0.3 is 30.3 Å². The maximum atomic E-state index is 12.0. The minimum Gasteiger partial charge on any atom is -0.497 e. The zero-order valence-corrected chi connectivity index (χ0v) is 16.9. The van der Waals surface area contributed by atoms with Crippen LogP contribution in [0.3, 0.4) is 0 Å². The maximum Gasteiger partial charge on any atom is 0.239 e. The number of ether oxygens (including phenoxy) is 2. The Balaban J connectivity index is 2.20. The van der Waals surface area contributed by atoms with Crippen LogP contribution in [-0.2, 0) is 16.1 Å². The summed E-state index contributed by atoms with van der Waals surface area (Å²) in [6, 6.07) is 7.60. The van der Waals surface area contributed by atoms with Crippen molar-refractivity contribution < 1.29 is 14.3 Å². The number of guanidine groups is 1. The van der Waals surface area contributed by atoms with Crippen molar-refractivity contribution in [2.45, 2.75) is 13.0 Å². The molecule has 0 spiro atoms. The third-order valence-corrected chi connectivity index (χ3v) is 3.96. The van der Waals surface area contributed by atoms with Crippen molar-refractivity contribution in [2.75, 3.05) is 61.1 Å². The lowest BCUT2D eigenvalue weighted by atomic mass is 10.2. The molecule has 1 rings (SSSR count). The van der Waals surface area contributed by atoms with Crippen LogP contribution in [0.4, 0.5) is 0 Å². The number of methoxy groups -OCH3 is 2. The van der Waals surface area contributed by atoms with Crippen LogP contribution in [0.2, 0.25) is 0 Å². The lowest BCUT2D eigenvalue weighted by molar-refractivity contribution is -0.120. The van der Waals surface area contributed by atoms with Gasteiger partial charge in [-0.2, -0.15) is 0 Å². The summed E-state index contributed by atoms with van der Waals surface area (Å²) in [6.45, 7) is 4.02. The van der Waals surface area contributed by atoms with Gasteiger partial charge in [-0.05, 0) is 31.2 Å². The highest BCUT2D eigenvalue weighted by Gasteiger charge is 2.04. The van der Waals surface area contributed by atoms with Gasteiger partial charge in [0.25, 0.3) is 0 Å². The fraction of sp³-hybridized carbons (Fsp3) is 0.579. The second-order valence-electron chi connectivity index (χ2n) is 6.13. The number of benzene rings is 1. The summed E-state index contributed by atoms with van der Waals surface area (Å²) in [7, 11) is 7.10. The van der Waals surface area contributed by atoms with Crippen molar-refractivity contribution in [2.24, 2.45) is 4.99 Å². The Hall–Kier alpha value is -2.32. The molecule has 8 heteroatoms. The Morgan fingerprint density at radius 1 is 1.11 bits per heavy atom. The molecular formula is C19H33N5O3. The van der Waals surface area contributed by atoms with Crippen LogP contribution in [-0.4, -0.2) is 77.9 Å². The highest BCUT2D eigenvalue weighted by molar-refractivity contribution is 5.86. The molecule has 0 aromatic heterocycles.